The van der Waals surface area contributed by atoms with Crippen LogP contribution in [0.15, 0.2) is 18.2 Å². The fourth-order valence-corrected chi connectivity index (χ4v) is 2.93. The van der Waals surface area contributed by atoms with Crippen LogP contribution < -0.4 is 5.32 Å². The van der Waals surface area contributed by atoms with Gasteiger partial charge in [0.25, 0.3) is 5.91 Å². The van der Waals surface area contributed by atoms with E-state index in [4.69, 9.17) is 23.2 Å². The molecule has 2 rings (SSSR count). The molecule has 5 nitrogen and oxygen atoms in total. The number of carbonyl (C=O) groups is 2. The molecular formula is C15H19Cl2N3O2. The Balaban J connectivity index is 1.93. The molecule has 0 spiro atoms. The van der Waals surface area contributed by atoms with Crippen molar-refractivity contribution in [3.05, 3.63) is 33.8 Å². The summed E-state index contributed by atoms with van der Waals surface area (Å²) in [5, 5.41) is 3.84. The number of hydrogen-bond acceptors (Lipinski definition) is 3. The first-order valence-corrected chi connectivity index (χ1v) is 7.94. The second kappa shape index (κ2) is 7.81. The third-order valence-corrected chi connectivity index (χ3v) is 4.05. The molecule has 0 aliphatic carbocycles. The van der Waals surface area contributed by atoms with Gasteiger partial charge in [-0.25, -0.2) is 0 Å². The highest BCUT2D eigenvalue weighted by Gasteiger charge is 2.24. The molecule has 0 bridgehead atoms. The lowest BCUT2D eigenvalue weighted by molar-refractivity contribution is -0.132. The van der Waals surface area contributed by atoms with Crippen LogP contribution in [0.1, 0.15) is 16.8 Å². The van der Waals surface area contributed by atoms with Crippen LogP contribution in [0.2, 0.25) is 10.0 Å². The van der Waals surface area contributed by atoms with E-state index in [1.807, 2.05) is 7.05 Å². The third kappa shape index (κ3) is 4.35. The molecule has 1 aliphatic heterocycles. The predicted octanol–water partition coefficient (Wildman–Crippen LogP) is 1.89. The molecule has 1 aromatic rings. The van der Waals surface area contributed by atoms with Crippen molar-refractivity contribution in [2.45, 2.75) is 6.42 Å². The zero-order chi connectivity index (χ0) is 16.1. The van der Waals surface area contributed by atoms with Crippen LogP contribution in [0, 0.1) is 0 Å². The van der Waals surface area contributed by atoms with E-state index in [1.54, 1.807) is 28.0 Å². The smallest absolute Gasteiger partial charge is 0.254 e. The second-order valence-electron chi connectivity index (χ2n) is 5.18. The number of piperazine rings is 1. The maximum atomic E-state index is 12.4. The maximum Gasteiger partial charge on any atom is 0.254 e. The fraction of sp³-hybridized carbons (Fsp3) is 0.467. The lowest BCUT2D eigenvalue weighted by Crippen LogP contribution is -2.50. The Hall–Kier alpha value is -1.30. The average molecular weight is 344 g/mol. The number of nitrogens with zero attached hydrogens (tertiary/aromatic N) is 2. The number of rotatable bonds is 4. The number of nitrogens with one attached hydrogen (secondary N) is 1. The Morgan fingerprint density at radius 2 is 1.59 bits per heavy atom. The van der Waals surface area contributed by atoms with Crippen molar-refractivity contribution in [3.63, 3.8) is 0 Å². The highest BCUT2D eigenvalue weighted by Crippen LogP contribution is 2.20. The monoisotopic (exact) mass is 343 g/mol. The van der Waals surface area contributed by atoms with E-state index in [0.29, 0.717) is 54.8 Å². The quantitative estimate of drug-likeness (QED) is 0.908. The zero-order valence-corrected chi connectivity index (χ0v) is 14.0. The van der Waals surface area contributed by atoms with Gasteiger partial charge in [0.2, 0.25) is 5.91 Å². The van der Waals surface area contributed by atoms with Gasteiger partial charge in [-0.05, 0) is 25.2 Å². The molecule has 7 heteroatoms. The Morgan fingerprint density at radius 1 is 1.05 bits per heavy atom. The van der Waals surface area contributed by atoms with Gasteiger partial charge in [-0.15, -0.1) is 0 Å². The molecule has 0 aromatic heterocycles. The van der Waals surface area contributed by atoms with Gasteiger partial charge in [0.05, 0.1) is 0 Å². The van der Waals surface area contributed by atoms with E-state index in [-0.39, 0.29) is 11.8 Å². The molecule has 22 heavy (non-hydrogen) atoms. The molecule has 2 amide bonds. The normalized spacial score (nSPS) is 15.0. The van der Waals surface area contributed by atoms with Gasteiger partial charge in [0.1, 0.15) is 0 Å². The van der Waals surface area contributed by atoms with Gasteiger partial charge in [-0.1, -0.05) is 23.2 Å². The highest BCUT2D eigenvalue weighted by atomic mass is 35.5. The Bertz CT molecular complexity index is 537. The minimum absolute atomic E-state index is 0.105. The van der Waals surface area contributed by atoms with Crippen LogP contribution in [0.4, 0.5) is 0 Å². The van der Waals surface area contributed by atoms with Crippen molar-refractivity contribution in [1.29, 1.82) is 0 Å². The van der Waals surface area contributed by atoms with Crippen LogP contribution in [0.3, 0.4) is 0 Å². The van der Waals surface area contributed by atoms with Crippen LogP contribution in [0.25, 0.3) is 0 Å². The first-order chi connectivity index (χ1) is 10.5. The minimum Gasteiger partial charge on any atom is -0.339 e. The van der Waals surface area contributed by atoms with E-state index in [1.165, 1.54) is 0 Å². The van der Waals surface area contributed by atoms with Gasteiger partial charge < -0.3 is 15.1 Å². The SMILES string of the molecule is CNCCC(=O)N1CCN(C(=O)c2cc(Cl)cc(Cl)c2)CC1. The Labute approximate surface area is 140 Å². The lowest BCUT2D eigenvalue weighted by Gasteiger charge is -2.35. The van der Waals surface area contributed by atoms with Gasteiger partial charge >= 0.3 is 0 Å². The summed E-state index contributed by atoms with van der Waals surface area (Å²) in [6.07, 6.45) is 0.481. The van der Waals surface area contributed by atoms with Crippen molar-refractivity contribution in [1.82, 2.24) is 15.1 Å². The largest absolute Gasteiger partial charge is 0.339 e. The summed E-state index contributed by atoms with van der Waals surface area (Å²) in [6, 6.07) is 4.82. The van der Waals surface area contributed by atoms with Crippen molar-refractivity contribution in [3.8, 4) is 0 Å². The Kier molecular flexibility index (Phi) is 6.06. The minimum atomic E-state index is -0.105. The van der Waals surface area contributed by atoms with Gasteiger partial charge in [-0.2, -0.15) is 0 Å². The summed E-state index contributed by atoms with van der Waals surface area (Å²) in [7, 11) is 1.82. The van der Waals surface area contributed by atoms with E-state index in [9.17, 15) is 9.59 Å². The number of benzene rings is 1. The van der Waals surface area contributed by atoms with Crippen molar-refractivity contribution in [2.75, 3.05) is 39.8 Å². The zero-order valence-electron chi connectivity index (χ0n) is 12.4. The molecule has 0 radical (unpaired) electrons. The number of halogens is 2. The molecule has 1 N–H and O–H groups in total. The average Bonchev–Trinajstić information content (AvgIpc) is 2.51. The summed E-state index contributed by atoms with van der Waals surface area (Å²) >= 11 is 11.9. The maximum absolute atomic E-state index is 12.4. The first-order valence-electron chi connectivity index (χ1n) is 7.19. The van der Waals surface area contributed by atoms with E-state index in [2.05, 4.69) is 5.32 Å². The molecule has 1 saturated heterocycles. The molecular weight excluding hydrogens is 325 g/mol. The molecule has 120 valence electrons. The van der Waals surface area contributed by atoms with Crippen LogP contribution in [-0.4, -0.2) is 61.4 Å². The van der Waals surface area contributed by atoms with Gasteiger partial charge in [0.15, 0.2) is 0 Å². The number of amides is 2. The van der Waals surface area contributed by atoms with Crippen LogP contribution in [0.5, 0.6) is 0 Å². The second-order valence-corrected chi connectivity index (χ2v) is 6.06. The van der Waals surface area contributed by atoms with Crippen LogP contribution >= 0.6 is 23.2 Å². The van der Waals surface area contributed by atoms with Crippen LogP contribution in [-0.2, 0) is 4.79 Å². The molecule has 0 unspecified atom stereocenters. The molecule has 1 heterocycles. The molecule has 1 aliphatic rings. The summed E-state index contributed by atoms with van der Waals surface area (Å²) in [5.74, 6) is 0.0129. The van der Waals surface area contributed by atoms with Gasteiger partial charge in [0, 0.05) is 54.8 Å². The number of hydrogen-bond donors (Lipinski definition) is 1. The summed E-state index contributed by atoms with van der Waals surface area (Å²) in [6.45, 7) is 2.83. The summed E-state index contributed by atoms with van der Waals surface area (Å²) < 4.78 is 0. The Morgan fingerprint density at radius 3 is 2.14 bits per heavy atom. The van der Waals surface area contributed by atoms with Crippen molar-refractivity contribution in [2.24, 2.45) is 0 Å². The summed E-state index contributed by atoms with van der Waals surface area (Å²) in [5.41, 5.74) is 0.479. The highest BCUT2D eigenvalue weighted by molar-refractivity contribution is 6.35. The van der Waals surface area contributed by atoms with Crippen molar-refractivity contribution < 1.29 is 9.59 Å². The summed E-state index contributed by atoms with van der Waals surface area (Å²) in [4.78, 5) is 27.9. The standard InChI is InChI=1S/C15H19Cl2N3O2/c1-18-3-2-14(21)19-4-6-20(7-5-19)15(22)11-8-12(16)10-13(17)9-11/h8-10,18H,2-7H2,1H3. The van der Waals surface area contributed by atoms with Crippen molar-refractivity contribution >= 4 is 35.0 Å². The molecule has 0 atom stereocenters. The number of carbonyl (C=O) groups excluding carboxylic acids is 2. The third-order valence-electron chi connectivity index (χ3n) is 3.62. The molecule has 1 aromatic carbocycles. The predicted molar refractivity (Wildman–Crippen MR) is 87.5 cm³/mol. The molecule has 0 saturated carbocycles. The van der Waals surface area contributed by atoms with Gasteiger partial charge in [-0.3, -0.25) is 9.59 Å². The van der Waals surface area contributed by atoms with E-state index >= 15 is 0 Å². The lowest BCUT2D eigenvalue weighted by atomic mass is 10.1. The first kappa shape index (κ1) is 17.1. The van der Waals surface area contributed by atoms with E-state index < -0.39 is 0 Å². The van der Waals surface area contributed by atoms with E-state index in [0.717, 1.165) is 0 Å². The topological polar surface area (TPSA) is 52.7 Å². The molecule has 1 fully saturated rings. The fourth-order valence-electron chi connectivity index (χ4n) is 2.41.